The number of carboxylic acid groups (broad SMARTS) is 1. The lowest BCUT2D eigenvalue weighted by Gasteiger charge is -2.22. The average Bonchev–Trinajstić information content (AvgIpc) is 2.73. The van der Waals surface area contributed by atoms with Crippen molar-refractivity contribution in [3.63, 3.8) is 0 Å². The molecule has 0 amide bonds. The number of nitrogens with zero attached hydrogens (tertiary/aromatic N) is 2. The van der Waals surface area contributed by atoms with E-state index in [4.69, 9.17) is 5.11 Å². The highest BCUT2D eigenvalue weighted by Crippen LogP contribution is 2.23. The normalized spacial score (nSPS) is 23.4. The first-order chi connectivity index (χ1) is 9.38. The molecule has 1 aliphatic rings. The van der Waals surface area contributed by atoms with E-state index in [1.165, 1.54) is 5.56 Å². The first-order valence-electron chi connectivity index (χ1n) is 7.10. The standard InChI is InChI=1S/C16H24N2O2/c1-11-7-13(16(19)20)5-6-14(11)9-18-8-12(2)15(10-18)17(3)4/h5-7,12,15H,8-10H2,1-4H3,(H,19,20). The maximum Gasteiger partial charge on any atom is 0.335 e. The van der Waals surface area contributed by atoms with E-state index in [0.29, 0.717) is 17.5 Å². The number of likely N-dealkylation sites (tertiary alicyclic amines) is 1. The van der Waals surface area contributed by atoms with Crippen molar-refractivity contribution >= 4 is 5.97 Å². The molecular formula is C16H24N2O2. The fraction of sp³-hybridized carbons (Fsp3) is 0.562. The van der Waals surface area contributed by atoms with Gasteiger partial charge < -0.3 is 10.0 Å². The molecule has 0 spiro atoms. The molecule has 110 valence electrons. The van der Waals surface area contributed by atoms with Gasteiger partial charge in [-0.3, -0.25) is 4.90 Å². The van der Waals surface area contributed by atoms with Crippen LogP contribution in [0.5, 0.6) is 0 Å². The van der Waals surface area contributed by atoms with Gasteiger partial charge in [0.05, 0.1) is 5.56 Å². The molecule has 2 atom stereocenters. The number of carbonyl (C=O) groups is 1. The molecule has 0 radical (unpaired) electrons. The van der Waals surface area contributed by atoms with Gasteiger partial charge in [0.1, 0.15) is 0 Å². The van der Waals surface area contributed by atoms with Crippen LogP contribution in [0.1, 0.15) is 28.4 Å². The molecule has 0 saturated carbocycles. The Bertz CT molecular complexity index is 499. The molecule has 1 aromatic rings. The van der Waals surface area contributed by atoms with Crippen molar-refractivity contribution in [2.45, 2.75) is 26.4 Å². The predicted molar refractivity (Wildman–Crippen MR) is 80.1 cm³/mol. The average molecular weight is 276 g/mol. The van der Waals surface area contributed by atoms with E-state index < -0.39 is 5.97 Å². The number of aromatic carboxylic acids is 1. The van der Waals surface area contributed by atoms with Gasteiger partial charge in [-0.2, -0.15) is 0 Å². The van der Waals surface area contributed by atoms with Gasteiger partial charge in [-0.05, 0) is 50.2 Å². The summed E-state index contributed by atoms with van der Waals surface area (Å²) in [5.74, 6) is -0.189. The SMILES string of the molecule is Cc1cc(C(=O)O)ccc1CN1CC(C)C(N(C)C)C1. The van der Waals surface area contributed by atoms with E-state index in [9.17, 15) is 4.79 Å². The van der Waals surface area contributed by atoms with Crippen LogP contribution in [0.3, 0.4) is 0 Å². The molecule has 2 unspecified atom stereocenters. The zero-order valence-corrected chi connectivity index (χ0v) is 12.8. The molecular weight excluding hydrogens is 252 g/mol. The van der Waals surface area contributed by atoms with Crippen LogP contribution in [0.25, 0.3) is 0 Å². The molecule has 0 aliphatic carbocycles. The Morgan fingerprint density at radius 3 is 2.60 bits per heavy atom. The van der Waals surface area contributed by atoms with Crippen LogP contribution in [-0.4, -0.2) is 54.1 Å². The Balaban J connectivity index is 2.06. The van der Waals surface area contributed by atoms with Crippen molar-refractivity contribution in [3.8, 4) is 0 Å². The lowest BCUT2D eigenvalue weighted by Crippen LogP contribution is -2.34. The number of likely N-dealkylation sites (N-methyl/N-ethyl adjacent to an activating group) is 1. The van der Waals surface area contributed by atoms with Gasteiger partial charge in [0, 0.05) is 25.7 Å². The largest absolute Gasteiger partial charge is 0.478 e. The third-order valence-electron chi connectivity index (χ3n) is 4.30. The molecule has 4 heteroatoms. The molecule has 1 aromatic carbocycles. The predicted octanol–water partition coefficient (Wildman–Crippen LogP) is 2.08. The Kier molecular flexibility index (Phi) is 4.45. The van der Waals surface area contributed by atoms with Crippen LogP contribution in [0.4, 0.5) is 0 Å². The van der Waals surface area contributed by atoms with Crippen molar-refractivity contribution in [1.29, 1.82) is 0 Å². The van der Waals surface area contributed by atoms with Crippen molar-refractivity contribution in [2.75, 3.05) is 27.2 Å². The lowest BCUT2D eigenvalue weighted by molar-refractivity contribution is 0.0696. The second-order valence-corrected chi connectivity index (χ2v) is 6.15. The van der Waals surface area contributed by atoms with Gasteiger partial charge in [-0.1, -0.05) is 13.0 Å². The summed E-state index contributed by atoms with van der Waals surface area (Å²) in [6.45, 7) is 7.37. The minimum absolute atomic E-state index is 0.368. The molecule has 1 aliphatic heterocycles. The van der Waals surface area contributed by atoms with Crippen LogP contribution < -0.4 is 0 Å². The molecule has 1 heterocycles. The molecule has 1 fully saturated rings. The van der Waals surface area contributed by atoms with Gasteiger partial charge in [0.25, 0.3) is 0 Å². The first kappa shape index (κ1) is 15.0. The number of hydrogen-bond acceptors (Lipinski definition) is 3. The Labute approximate surface area is 121 Å². The van der Waals surface area contributed by atoms with Gasteiger partial charge in [-0.25, -0.2) is 4.79 Å². The summed E-state index contributed by atoms with van der Waals surface area (Å²) in [6, 6.07) is 6.02. The summed E-state index contributed by atoms with van der Waals surface area (Å²) in [5, 5.41) is 9.00. The van der Waals surface area contributed by atoms with Crippen molar-refractivity contribution in [2.24, 2.45) is 5.92 Å². The van der Waals surface area contributed by atoms with Crippen LogP contribution >= 0.6 is 0 Å². The van der Waals surface area contributed by atoms with E-state index in [1.54, 1.807) is 12.1 Å². The lowest BCUT2D eigenvalue weighted by atomic mass is 10.0. The van der Waals surface area contributed by atoms with Crippen LogP contribution in [0, 0.1) is 12.8 Å². The van der Waals surface area contributed by atoms with E-state index >= 15 is 0 Å². The third kappa shape index (κ3) is 3.19. The first-order valence-corrected chi connectivity index (χ1v) is 7.10. The monoisotopic (exact) mass is 276 g/mol. The number of aryl methyl sites for hydroxylation is 1. The van der Waals surface area contributed by atoms with Crippen molar-refractivity contribution < 1.29 is 9.90 Å². The maximum absolute atomic E-state index is 11.0. The fourth-order valence-corrected chi connectivity index (χ4v) is 3.10. The molecule has 20 heavy (non-hydrogen) atoms. The minimum Gasteiger partial charge on any atom is -0.478 e. The molecule has 0 bridgehead atoms. The number of rotatable bonds is 4. The molecule has 2 rings (SSSR count). The highest BCUT2D eigenvalue weighted by Gasteiger charge is 2.30. The quantitative estimate of drug-likeness (QED) is 0.914. The number of carboxylic acids is 1. The number of hydrogen-bond donors (Lipinski definition) is 1. The molecule has 4 nitrogen and oxygen atoms in total. The Morgan fingerprint density at radius 1 is 1.40 bits per heavy atom. The van der Waals surface area contributed by atoms with Crippen molar-refractivity contribution in [3.05, 3.63) is 34.9 Å². The molecule has 0 aromatic heterocycles. The van der Waals surface area contributed by atoms with Gasteiger partial charge in [0.2, 0.25) is 0 Å². The van der Waals surface area contributed by atoms with Gasteiger partial charge >= 0.3 is 5.97 Å². The summed E-state index contributed by atoms with van der Waals surface area (Å²) >= 11 is 0. The van der Waals surface area contributed by atoms with Gasteiger partial charge in [0.15, 0.2) is 0 Å². The topological polar surface area (TPSA) is 43.8 Å². The second-order valence-electron chi connectivity index (χ2n) is 6.15. The summed E-state index contributed by atoms with van der Waals surface area (Å²) in [5.41, 5.74) is 2.65. The second kappa shape index (κ2) is 5.94. The minimum atomic E-state index is -0.859. The summed E-state index contributed by atoms with van der Waals surface area (Å²) in [7, 11) is 4.27. The Morgan fingerprint density at radius 2 is 2.10 bits per heavy atom. The van der Waals surface area contributed by atoms with Crippen LogP contribution in [-0.2, 0) is 6.54 Å². The highest BCUT2D eigenvalue weighted by molar-refractivity contribution is 5.87. The zero-order valence-electron chi connectivity index (χ0n) is 12.8. The fourth-order valence-electron chi connectivity index (χ4n) is 3.10. The van der Waals surface area contributed by atoms with E-state index in [0.717, 1.165) is 25.2 Å². The third-order valence-corrected chi connectivity index (χ3v) is 4.30. The van der Waals surface area contributed by atoms with Crippen LogP contribution in [0.15, 0.2) is 18.2 Å². The van der Waals surface area contributed by atoms with E-state index in [1.807, 2.05) is 13.0 Å². The van der Waals surface area contributed by atoms with Crippen molar-refractivity contribution in [1.82, 2.24) is 9.80 Å². The van der Waals surface area contributed by atoms with Gasteiger partial charge in [-0.15, -0.1) is 0 Å². The van der Waals surface area contributed by atoms with E-state index in [-0.39, 0.29) is 0 Å². The zero-order chi connectivity index (χ0) is 14.9. The summed E-state index contributed by atoms with van der Waals surface area (Å²) in [6.07, 6.45) is 0. The molecule has 1 saturated heterocycles. The van der Waals surface area contributed by atoms with Crippen LogP contribution in [0.2, 0.25) is 0 Å². The smallest absolute Gasteiger partial charge is 0.335 e. The summed E-state index contributed by atoms with van der Waals surface area (Å²) in [4.78, 5) is 15.7. The Hall–Kier alpha value is -1.39. The number of benzene rings is 1. The highest BCUT2D eigenvalue weighted by atomic mass is 16.4. The summed E-state index contributed by atoms with van der Waals surface area (Å²) < 4.78 is 0. The maximum atomic E-state index is 11.0. The van der Waals surface area contributed by atoms with E-state index in [2.05, 4.69) is 30.8 Å². The molecule has 1 N–H and O–H groups in total.